The third-order valence-electron chi connectivity index (χ3n) is 3.35. The van der Waals surface area contributed by atoms with Crippen LogP contribution >= 0.6 is 0 Å². The number of hydrogen-bond acceptors (Lipinski definition) is 4. The molecule has 118 valence electrons. The number of halogens is 3. The van der Waals surface area contributed by atoms with E-state index in [9.17, 15) is 18.3 Å². The number of rotatable bonds is 5. The lowest BCUT2D eigenvalue weighted by atomic mass is 10.1. The molecule has 0 spiro atoms. The van der Waals surface area contributed by atoms with Crippen molar-refractivity contribution in [2.45, 2.75) is 24.9 Å². The summed E-state index contributed by atoms with van der Waals surface area (Å²) in [6, 6.07) is 6.38. The van der Waals surface area contributed by atoms with E-state index in [2.05, 4.69) is 4.74 Å². The number of ether oxygens (including phenoxy) is 2. The van der Waals surface area contributed by atoms with E-state index in [-0.39, 0.29) is 11.8 Å². The van der Waals surface area contributed by atoms with E-state index in [0.717, 1.165) is 5.56 Å². The molecule has 0 amide bonds. The average molecular weight is 305 g/mol. The van der Waals surface area contributed by atoms with Crippen LogP contribution in [0.15, 0.2) is 24.3 Å². The SMILES string of the molecule is CN(Cc1ccc(OCC(F)(F)F)cc1)[C@@H]1COC[C@H]1O. The molecular weight excluding hydrogens is 287 g/mol. The van der Waals surface area contributed by atoms with Gasteiger partial charge in [-0.1, -0.05) is 12.1 Å². The molecule has 7 heteroatoms. The maximum Gasteiger partial charge on any atom is 0.422 e. The number of aliphatic hydroxyl groups excluding tert-OH is 1. The summed E-state index contributed by atoms with van der Waals surface area (Å²) in [7, 11) is 1.87. The molecule has 1 heterocycles. The zero-order chi connectivity index (χ0) is 15.5. The van der Waals surface area contributed by atoms with Crippen LogP contribution in [0.25, 0.3) is 0 Å². The van der Waals surface area contributed by atoms with Crippen LogP contribution in [-0.2, 0) is 11.3 Å². The quantitative estimate of drug-likeness (QED) is 0.901. The molecule has 2 atom stereocenters. The number of likely N-dealkylation sites (N-methyl/N-ethyl adjacent to an activating group) is 1. The van der Waals surface area contributed by atoms with Crippen molar-refractivity contribution in [1.82, 2.24) is 4.90 Å². The van der Waals surface area contributed by atoms with Crippen LogP contribution in [-0.4, -0.2) is 55.2 Å². The zero-order valence-electron chi connectivity index (χ0n) is 11.6. The van der Waals surface area contributed by atoms with Gasteiger partial charge >= 0.3 is 6.18 Å². The summed E-state index contributed by atoms with van der Waals surface area (Å²) in [4.78, 5) is 1.96. The molecule has 4 nitrogen and oxygen atoms in total. The van der Waals surface area contributed by atoms with Crippen LogP contribution < -0.4 is 4.74 Å². The third kappa shape index (κ3) is 4.87. The predicted octanol–water partition coefficient (Wildman–Crippen LogP) is 1.82. The smallest absolute Gasteiger partial charge is 0.422 e. The summed E-state index contributed by atoms with van der Waals surface area (Å²) in [6.45, 7) is 0.0894. The number of hydrogen-bond donors (Lipinski definition) is 1. The maximum absolute atomic E-state index is 12.0. The molecule has 1 aromatic carbocycles. The highest BCUT2D eigenvalue weighted by Crippen LogP contribution is 2.20. The van der Waals surface area contributed by atoms with E-state index in [4.69, 9.17) is 4.74 Å². The van der Waals surface area contributed by atoms with Gasteiger partial charge in [0.2, 0.25) is 0 Å². The van der Waals surface area contributed by atoms with E-state index < -0.39 is 18.9 Å². The molecule has 1 aromatic rings. The standard InChI is InChI=1S/C14H18F3NO3/c1-18(12-7-20-8-13(12)19)6-10-2-4-11(5-3-10)21-9-14(15,16)17/h2-5,12-13,19H,6-9H2,1H3/t12-,13-/m1/s1. The van der Waals surface area contributed by atoms with Crippen molar-refractivity contribution in [3.63, 3.8) is 0 Å². The van der Waals surface area contributed by atoms with Crippen LogP contribution in [0.5, 0.6) is 5.75 Å². The lowest BCUT2D eigenvalue weighted by Crippen LogP contribution is -2.39. The Hall–Kier alpha value is -1.31. The molecule has 0 saturated carbocycles. The highest BCUT2D eigenvalue weighted by atomic mass is 19.4. The first-order chi connectivity index (χ1) is 9.85. The van der Waals surface area contributed by atoms with Crippen LogP contribution in [0.3, 0.4) is 0 Å². The minimum absolute atomic E-state index is 0.0637. The molecule has 1 aliphatic heterocycles. The first kappa shape index (κ1) is 16.1. The monoisotopic (exact) mass is 305 g/mol. The maximum atomic E-state index is 12.0. The third-order valence-corrected chi connectivity index (χ3v) is 3.35. The second-order valence-electron chi connectivity index (χ2n) is 5.14. The molecule has 0 bridgehead atoms. The van der Waals surface area contributed by atoms with Gasteiger partial charge < -0.3 is 14.6 Å². The van der Waals surface area contributed by atoms with Crippen molar-refractivity contribution in [2.75, 3.05) is 26.9 Å². The second-order valence-corrected chi connectivity index (χ2v) is 5.14. The van der Waals surface area contributed by atoms with Crippen LogP contribution in [0.4, 0.5) is 13.2 Å². The molecule has 0 aromatic heterocycles. The highest BCUT2D eigenvalue weighted by molar-refractivity contribution is 5.27. The first-order valence-corrected chi connectivity index (χ1v) is 6.60. The van der Waals surface area contributed by atoms with Gasteiger partial charge in [0, 0.05) is 6.54 Å². The Kier molecular flexibility index (Phi) is 5.08. The van der Waals surface area contributed by atoms with Crippen LogP contribution in [0.2, 0.25) is 0 Å². The zero-order valence-corrected chi connectivity index (χ0v) is 11.6. The Morgan fingerprint density at radius 2 is 1.95 bits per heavy atom. The van der Waals surface area contributed by atoms with Crippen molar-refractivity contribution in [2.24, 2.45) is 0 Å². The molecule has 21 heavy (non-hydrogen) atoms. The lowest BCUT2D eigenvalue weighted by molar-refractivity contribution is -0.153. The minimum atomic E-state index is -4.34. The van der Waals surface area contributed by atoms with Gasteiger partial charge in [-0.05, 0) is 24.7 Å². The summed E-state index contributed by atoms with van der Waals surface area (Å²) in [5, 5.41) is 9.73. The molecule has 0 aliphatic carbocycles. The normalized spacial score (nSPS) is 22.8. The van der Waals surface area contributed by atoms with E-state index in [1.807, 2.05) is 11.9 Å². The minimum Gasteiger partial charge on any atom is -0.484 e. The van der Waals surface area contributed by atoms with Crippen LogP contribution in [0.1, 0.15) is 5.56 Å². The molecular formula is C14H18F3NO3. The van der Waals surface area contributed by atoms with Crippen molar-refractivity contribution in [3.05, 3.63) is 29.8 Å². The molecule has 1 aliphatic rings. The van der Waals surface area contributed by atoms with Gasteiger partial charge in [0.05, 0.1) is 25.4 Å². The van der Waals surface area contributed by atoms with Gasteiger partial charge in [0.25, 0.3) is 0 Å². The molecule has 2 rings (SSSR count). The fourth-order valence-electron chi connectivity index (χ4n) is 2.21. The first-order valence-electron chi connectivity index (χ1n) is 6.60. The summed E-state index contributed by atoms with van der Waals surface area (Å²) >= 11 is 0. The fourth-order valence-corrected chi connectivity index (χ4v) is 2.21. The number of nitrogens with zero attached hydrogens (tertiary/aromatic N) is 1. The Morgan fingerprint density at radius 3 is 2.48 bits per heavy atom. The predicted molar refractivity (Wildman–Crippen MR) is 70.1 cm³/mol. The Labute approximate surface area is 121 Å². The average Bonchev–Trinajstić information content (AvgIpc) is 2.83. The van der Waals surface area contributed by atoms with Gasteiger partial charge in [0.1, 0.15) is 5.75 Å². The highest BCUT2D eigenvalue weighted by Gasteiger charge is 2.30. The fraction of sp³-hybridized carbons (Fsp3) is 0.571. The van der Waals surface area contributed by atoms with Gasteiger partial charge in [0.15, 0.2) is 6.61 Å². The number of aliphatic hydroxyl groups is 1. The molecule has 1 saturated heterocycles. The number of benzene rings is 1. The van der Waals surface area contributed by atoms with Gasteiger partial charge in [-0.3, -0.25) is 4.90 Å². The van der Waals surface area contributed by atoms with Crippen molar-refractivity contribution in [3.8, 4) is 5.75 Å². The molecule has 1 fully saturated rings. The molecule has 0 radical (unpaired) electrons. The summed E-state index contributed by atoms with van der Waals surface area (Å²) < 4.78 is 45.9. The summed E-state index contributed by atoms with van der Waals surface area (Å²) in [5.41, 5.74) is 0.927. The van der Waals surface area contributed by atoms with E-state index in [0.29, 0.717) is 19.8 Å². The number of alkyl halides is 3. The molecule has 1 N–H and O–H groups in total. The van der Waals surface area contributed by atoms with Gasteiger partial charge in [-0.2, -0.15) is 13.2 Å². The lowest BCUT2D eigenvalue weighted by Gasteiger charge is -2.25. The van der Waals surface area contributed by atoms with Gasteiger partial charge in [-0.15, -0.1) is 0 Å². The summed E-state index contributed by atoms with van der Waals surface area (Å²) in [6.07, 6.45) is -4.85. The topological polar surface area (TPSA) is 41.9 Å². The second kappa shape index (κ2) is 6.64. The molecule has 0 unspecified atom stereocenters. The van der Waals surface area contributed by atoms with E-state index in [1.165, 1.54) is 12.1 Å². The van der Waals surface area contributed by atoms with Crippen molar-refractivity contribution >= 4 is 0 Å². The summed E-state index contributed by atoms with van der Waals surface area (Å²) in [5.74, 6) is 0.183. The van der Waals surface area contributed by atoms with Crippen molar-refractivity contribution in [1.29, 1.82) is 0 Å². The largest absolute Gasteiger partial charge is 0.484 e. The van der Waals surface area contributed by atoms with Crippen LogP contribution in [0, 0.1) is 0 Å². The Balaban J connectivity index is 1.87. The van der Waals surface area contributed by atoms with Gasteiger partial charge in [-0.25, -0.2) is 0 Å². The van der Waals surface area contributed by atoms with E-state index in [1.54, 1.807) is 12.1 Å². The Morgan fingerprint density at radius 1 is 1.29 bits per heavy atom. The van der Waals surface area contributed by atoms with Crippen molar-refractivity contribution < 1.29 is 27.8 Å². The van der Waals surface area contributed by atoms with E-state index >= 15 is 0 Å². The Bertz CT molecular complexity index is 450.